The molecule has 3 nitrogen and oxygen atoms in total. The first-order chi connectivity index (χ1) is 9.52. The zero-order chi connectivity index (χ0) is 14.7. The van der Waals surface area contributed by atoms with Crippen LogP contribution in [0.2, 0.25) is 5.15 Å². The van der Waals surface area contributed by atoms with Crippen molar-refractivity contribution in [1.29, 1.82) is 0 Å². The Hall–Kier alpha value is -0.360. The molecule has 2 aromatic heterocycles. The standard InChI is InChI=1S/C14H19BrClN3S/c1-4-5-17-12(13-6-10(15)8-20-13)7-11-9(2)18-19(3)14(11)16/h6,8,12,17H,4-5,7H2,1-3H3. The predicted octanol–water partition coefficient (Wildman–Crippen LogP) is 4.49. The zero-order valence-electron chi connectivity index (χ0n) is 11.9. The van der Waals surface area contributed by atoms with Gasteiger partial charge in [-0.3, -0.25) is 4.68 Å². The number of aryl methyl sites for hydroxylation is 2. The van der Waals surface area contributed by atoms with Crippen LogP contribution in [0.3, 0.4) is 0 Å². The van der Waals surface area contributed by atoms with Crippen LogP contribution in [0.15, 0.2) is 15.9 Å². The van der Waals surface area contributed by atoms with Crippen molar-refractivity contribution in [2.45, 2.75) is 32.7 Å². The fraction of sp³-hybridized carbons (Fsp3) is 0.500. The van der Waals surface area contributed by atoms with E-state index < -0.39 is 0 Å². The van der Waals surface area contributed by atoms with Gasteiger partial charge in [-0.15, -0.1) is 11.3 Å². The summed E-state index contributed by atoms with van der Waals surface area (Å²) < 4.78 is 2.88. The zero-order valence-corrected chi connectivity index (χ0v) is 15.1. The number of hydrogen-bond donors (Lipinski definition) is 1. The molecule has 0 radical (unpaired) electrons. The maximum absolute atomic E-state index is 6.35. The molecular formula is C14H19BrClN3S. The average molecular weight is 377 g/mol. The fourth-order valence-electron chi connectivity index (χ4n) is 2.21. The highest BCUT2D eigenvalue weighted by Gasteiger charge is 2.19. The monoisotopic (exact) mass is 375 g/mol. The molecule has 0 aliphatic heterocycles. The van der Waals surface area contributed by atoms with Crippen molar-refractivity contribution in [3.05, 3.63) is 37.2 Å². The lowest BCUT2D eigenvalue weighted by Gasteiger charge is -2.17. The van der Waals surface area contributed by atoms with Crippen molar-refractivity contribution >= 4 is 38.9 Å². The Morgan fingerprint density at radius 3 is 2.80 bits per heavy atom. The molecule has 110 valence electrons. The van der Waals surface area contributed by atoms with Gasteiger partial charge in [0.2, 0.25) is 0 Å². The normalized spacial score (nSPS) is 12.8. The summed E-state index contributed by atoms with van der Waals surface area (Å²) in [6.45, 7) is 5.19. The molecule has 0 aromatic carbocycles. The molecule has 20 heavy (non-hydrogen) atoms. The maximum Gasteiger partial charge on any atom is 0.130 e. The van der Waals surface area contributed by atoms with E-state index >= 15 is 0 Å². The Morgan fingerprint density at radius 1 is 1.55 bits per heavy atom. The first-order valence-corrected chi connectivity index (χ1v) is 8.73. The minimum atomic E-state index is 0.284. The molecule has 0 bridgehead atoms. The number of rotatable bonds is 6. The fourth-order valence-corrected chi connectivity index (χ4v) is 3.99. The van der Waals surface area contributed by atoms with Crippen LogP contribution in [0.1, 0.15) is 35.5 Å². The Morgan fingerprint density at radius 2 is 2.30 bits per heavy atom. The van der Waals surface area contributed by atoms with Gasteiger partial charge in [0.15, 0.2) is 0 Å². The van der Waals surface area contributed by atoms with Crippen LogP contribution in [0.5, 0.6) is 0 Å². The predicted molar refractivity (Wildman–Crippen MR) is 89.7 cm³/mol. The van der Waals surface area contributed by atoms with Gasteiger partial charge in [0.1, 0.15) is 5.15 Å². The Balaban J connectivity index is 2.23. The summed E-state index contributed by atoms with van der Waals surface area (Å²) in [5.41, 5.74) is 2.14. The molecule has 6 heteroatoms. The van der Waals surface area contributed by atoms with E-state index in [1.54, 1.807) is 16.0 Å². The van der Waals surface area contributed by atoms with E-state index in [-0.39, 0.29) is 6.04 Å². The highest BCUT2D eigenvalue weighted by Crippen LogP contribution is 2.30. The lowest BCUT2D eigenvalue weighted by atomic mass is 10.1. The van der Waals surface area contributed by atoms with Crippen molar-refractivity contribution in [3.63, 3.8) is 0 Å². The largest absolute Gasteiger partial charge is 0.309 e. The van der Waals surface area contributed by atoms with Gasteiger partial charge in [-0.2, -0.15) is 5.10 Å². The van der Waals surface area contributed by atoms with E-state index in [0.717, 1.165) is 40.3 Å². The van der Waals surface area contributed by atoms with Gasteiger partial charge in [0.25, 0.3) is 0 Å². The molecule has 0 spiro atoms. The summed E-state index contributed by atoms with van der Waals surface area (Å²) in [4.78, 5) is 1.32. The topological polar surface area (TPSA) is 29.9 Å². The van der Waals surface area contributed by atoms with Crippen LogP contribution in [-0.4, -0.2) is 16.3 Å². The second kappa shape index (κ2) is 7.07. The van der Waals surface area contributed by atoms with Crippen LogP contribution < -0.4 is 5.32 Å². The highest BCUT2D eigenvalue weighted by atomic mass is 79.9. The number of hydrogen-bond acceptors (Lipinski definition) is 3. The summed E-state index contributed by atoms with van der Waals surface area (Å²) in [6.07, 6.45) is 1.98. The second-order valence-electron chi connectivity index (χ2n) is 4.86. The van der Waals surface area contributed by atoms with E-state index in [4.69, 9.17) is 11.6 Å². The summed E-state index contributed by atoms with van der Waals surface area (Å²) in [6, 6.07) is 2.46. The molecule has 1 N–H and O–H groups in total. The van der Waals surface area contributed by atoms with Crippen molar-refractivity contribution in [2.75, 3.05) is 6.54 Å². The lowest BCUT2D eigenvalue weighted by molar-refractivity contribution is 0.535. The molecule has 0 fully saturated rings. The average Bonchev–Trinajstić information content (AvgIpc) is 2.93. The van der Waals surface area contributed by atoms with E-state index in [0.29, 0.717) is 0 Å². The quantitative estimate of drug-likeness (QED) is 0.805. The molecule has 0 amide bonds. The van der Waals surface area contributed by atoms with Gasteiger partial charge < -0.3 is 5.32 Å². The van der Waals surface area contributed by atoms with E-state index in [9.17, 15) is 0 Å². The van der Waals surface area contributed by atoms with Crippen LogP contribution in [0, 0.1) is 6.92 Å². The molecule has 0 saturated carbocycles. The maximum atomic E-state index is 6.35. The molecule has 2 rings (SSSR count). The van der Waals surface area contributed by atoms with E-state index in [1.807, 2.05) is 14.0 Å². The third-order valence-corrected chi connectivity index (χ3v) is 5.53. The van der Waals surface area contributed by atoms with Crippen LogP contribution in [0.4, 0.5) is 0 Å². The van der Waals surface area contributed by atoms with Gasteiger partial charge in [0.05, 0.1) is 5.69 Å². The highest BCUT2D eigenvalue weighted by molar-refractivity contribution is 9.10. The summed E-state index contributed by atoms with van der Waals surface area (Å²) in [5.74, 6) is 0. The molecule has 2 heterocycles. The smallest absolute Gasteiger partial charge is 0.130 e. The first-order valence-electron chi connectivity index (χ1n) is 6.68. The molecule has 2 aromatic rings. The molecule has 0 aliphatic rings. The van der Waals surface area contributed by atoms with Gasteiger partial charge in [-0.1, -0.05) is 18.5 Å². The van der Waals surface area contributed by atoms with Crippen LogP contribution in [0.25, 0.3) is 0 Å². The van der Waals surface area contributed by atoms with Crippen molar-refractivity contribution < 1.29 is 0 Å². The van der Waals surface area contributed by atoms with E-state index in [1.165, 1.54) is 4.88 Å². The van der Waals surface area contributed by atoms with Crippen LogP contribution >= 0.6 is 38.9 Å². The Labute approximate surface area is 137 Å². The van der Waals surface area contributed by atoms with Gasteiger partial charge in [-0.05, 0) is 48.3 Å². The van der Waals surface area contributed by atoms with Crippen molar-refractivity contribution in [1.82, 2.24) is 15.1 Å². The van der Waals surface area contributed by atoms with Crippen molar-refractivity contribution in [3.8, 4) is 0 Å². The summed E-state index contributed by atoms with van der Waals surface area (Å²) >= 11 is 11.6. The van der Waals surface area contributed by atoms with Crippen LogP contribution in [-0.2, 0) is 13.5 Å². The minimum absolute atomic E-state index is 0.284. The van der Waals surface area contributed by atoms with Gasteiger partial charge >= 0.3 is 0 Å². The van der Waals surface area contributed by atoms with Gasteiger partial charge in [-0.25, -0.2) is 0 Å². The minimum Gasteiger partial charge on any atom is -0.309 e. The number of nitrogens with one attached hydrogen (secondary N) is 1. The number of nitrogens with zero attached hydrogens (tertiary/aromatic N) is 2. The second-order valence-corrected chi connectivity index (χ2v) is 7.07. The first kappa shape index (κ1) is 16.0. The molecule has 1 unspecified atom stereocenters. The Kier molecular flexibility index (Phi) is 5.66. The van der Waals surface area contributed by atoms with Gasteiger partial charge in [0, 0.05) is 33.4 Å². The SMILES string of the molecule is CCCNC(Cc1c(C)nn(C)c1Cl)c1cc(Br)cs1. The number of aromatic nitrogens is 2. The molecule has 0 saturated heterocycles. The number of thiophene rings is 1. The molecule has 0 aliphatic carbocycles. The summed E-state index contributed by atoms with van der Waals surface area (Å²) in [7, 11) is 1.88. The molecular weight excluding hydrogens is 358 g/mol. The van der Waals surface area contributed by atoms with Crippen molar-refractivity contribution in [2.24, 2.45) is 7.05 Å². The summed E-state index contributed by atoms with van der Waals surface area (Å²) in [5, 5.41) is 10.9. The Bertz CT molecular complexity index is 579. The van der Waals surface area contributed by atoms with E-state index in [2.05, 4.69) is 44.7 Å². The number of halogens is 2. The lowest BCUT2D eigenvalue weighted by Crippen LogP contribution is -2.23. The third kappa shape index (κ3) is 3.64. The molecule has 1 atom stereocenters. The third-order valence-electron chi connectivity index (χ3n) is 3.25.